The van der Waals surface area contributed by atoms with E-state index in [1.165, 1.54) is 0 Å². The van der Waals surface area contributed by atoms with Crippen LogP contribution in [0.5, 0.6) is 0 Å². The normalized spacial score (nSPS) is 10.2. The van der Waals surface area contributed by atoms with E-state index in [4.69, 9.17) is 5.73 Å². The van der Waals surface area contributed by atoms with E-state index in [2.05, 4.69) is 0 Å². The molecule has 0 atom stereocenters. The van der Waals surface area contributed by atoms with E-state index in [1.807, 2.05) is 43.3 Å². The smallest absolute Gasteiger partial charge is 0.167 e. The van der Waals surface area contributed by atoms with Gasteiger partial charge in [0, 0.05) is 17.7 Å². The lowest BCUT2D eigenvalue weighted by Crippen LogP contribution is -2.04. The Hall–Kier alpha value is -2.09. The molecule has 2 aromatic rings. The largest absolute Gasteiger partial charge is 0.399 e. The fourth-order valence-electron chi connectivity index (χ4n) is 1.73. The number of anilines is 1. The van der Waals surface area contributed by atoms with Crippen LogP contribution in [0, 0.1) is 6.92 Å². The van der Waals surface area contributed by atoms with Crippen molar-refractivity contribution in [3.8, 4) is 0 Å². The average Bonchev–Trinajstić information content (AvgIpc) is 2.34. The summed E-state index contributed by atoms with van der Waals surface area (Å²) in [5.41, 5.74) is 9.16. The molecule has 2 rings (SSSR count). The van der Waals surface area contributed by atoms with Crippen LogP contribution < -0.4 is 5.73 Å². The number of benzene rings is 2. The average molecular weight is 225 g/mol. The molecule has 0 saturated heterocycles. The molecule has 0 fully saturated rings. The van der Waals surface area contributed by atoms with E-state index in [0.717, 1.165) is 22.4 Å². The Kier molecular flexibility index (Phi) is 3.24. The second-order valence-electron chi connectivity index (χ2n) is 4.16. The molecule has 2 aromatic carbocycles. The minimum atomic E-state index is 0.124. The number of nitrogen functional groups attached to an aromatic ring is 1. The highest BCUT2D eigenvalue weighted by molar-refractivity contribution is 5.98. The van der Waals surface area contributed by atoms with Crippen molar-refractivity contribution in [3.63, 3.8) is 0 Å². The molecule has 0 aliphatic rings. The van der Waals surface area contributed by atoms with E-state index in [1.54, 1.807) is 12.1 Å². The lowest BCUT2D eigenvalue weighted by molar-refractivity contribution is 0.0993. The van der Waals surface area contributed by atoms with E-state index in [0.29, 0.717) is 6.42 Å². The van der Waals surface area contributed by atoms with Crippen LogP contribution in [0.2, 0.25) is 0 Å². The van der Waals surface area contributed by atoms with Crippen LogP contribution in [-0.2, 0) is 6.42 Å². The predicted molar refractivity (Wildman–Crippen MR) is 70.1 cm³/mol. The fourth-order valence-corrected chi connectivity index (χ4v) is 1.73. The van der Waals surface area contributed by atoms with Gasteiger partial charge in [-0.3, -0.25) is 4.79 Å². The van der Waals surface area contributed by atoms with Crippen molar-refractivity contribution in [3.05, 3.63) is 65.2 Å². The maximum Gasteiger partial charge on any atom is 0.167 e. The Labute approximate surface area is 101 Å². The van der Waals surface area contributed by atoms with Gasteiger partial charge in [0.05, 0.1) is 0 Å². The van der Waals surface area contributed by atoms with Crippen molar-refractivity contribution >= 4 is 11.5 Å². The Morgan fingerprint density at radius 1 is 1.12 bits per heavy atom. The van der Waals surface area contributed by atoms with Crippen molar-refractivity contribution in [1.82, 2.24) is 0 Å². The lowest BCUT2D eigenvalue weighted by Gasteiger charge is -2.04. The molecule has 17 heavy (non-hydrogen) atoms. The first-order valence-electron chi connectivity index (χ1n) is 5.60. The molecule has 2 nitrogen and oxygen atoms in total. The van der Waals surface area contributed by atoms with E-state index in [-0.39, 0.29) is 5.78 Å². The molecule has 0 bridgehead atoms. The first-order valence-corrected chi connectivity index (χ1v) is 5.60. The molecule has 0 spiro atoms. The van der Waals surface area contributed by atoms with Gasteiger partial charge in [-0.2, -0.15) is 0 Å². The Bertz CT molecular complexity index is 532. The topological polar surface area (TPSA) is 43.1 Å². The predicted octanol–water partition coefficient (Wildman–Crippen LogP) is 3.00. The van der Waals surface area contributed by atoms with Crippen LogP contribution in [0.25, 0.3) is 0 Å². The molecule has 0 aliphatic carbocycles. The monoisotopic (exact) mass is 225 g/mol. The number of Topliss-reactive ketones (excluding diaryl/α,β-unsaturated/α-hetero) is 1. The lowest BCUT2D eigenvalue weighted by atomic mass is 10.0. The van der Waals surface area contributed by atoms with Crippen LogP contribution in [0.15, 0.2) is 48.5 Å². The second-order valence-corrected chi connectivity index (χ2v) is 4.16. The van der Waals surface area contributed by atoms with Crippen molar-refractivity contribution < 1.29 is 4.79 Å². The summed E-state index contributed by atoms with van der Waals surface area (Å²) in [7, 11) is 0. The Balaban J connectivity index is 2.18. The Morgan fingerprint density at radius 2 is 1.82 bits per heavy atom. The maximum absolute atomic E-state index is 12.0. The summed E-state index contributed by atoms with van der Waals surface area (Å²) >= 11 is 0. The summed E-state index contributed by atoms with van der Waals surface area (Å²) in [6, 6.07) is 15.2. The third kappa shape index (κ3) is 2.72. The number of hydrogen-bond donors (Lipinski definition) is 1. The summed E-state index contributed by atoms with van der Waals surface area (Å²) in [5.74, 6) is 0.124. The van der Waals surface area contributed by atoms with Crippen LogP contribution >= 0.6 is 0 Å². The van der Waals surface area contributed by atoms with Gasteiger partial charge in [0.1, 0.15) is 0 Å². The molecule has 2 heteroatoms. The van der Waals surface area contributed by atoms with Crippen molar-refractivity contribution in [1.29, 1.82) is 0 Å². The van der Waals surface area contributed by atoms with Gasteiger partial charge in [-0.25, -0.2) is 0 Å². The first kappa shape index (κ1) is 11.4. The van der Waals surface area contributed by atoms with Gasteiger partial charge in [-0.15, -0.1) is 0 Å². The van der Waals surface area contributed by atoms with Crippen LogP contribution in [0.3, 0.4) is 0 Å². The summed E-state index contributed by atoms with van der Waals surface area (Å²) in [5, 5.41) is 0. The van der Waals surface area contributed by atoms with Gasteiger partial charge >= 0.3 is 0 Å². The third-order valence-corrected chi connectivity index (χ3v) is 2.80. The number of carbonyl (C=O) groups excluding carboxylic acids is 1. The SMILES string of the molecule is Cc1cc(C(=O)Cc2ccccc2)ccc1N. The quantitative estimate of drug-likeness (QED) is 0.644. The van der Waals surface area contributed by atoms with Crippen molar-refractivity contribution in [2.45, 2.75) is 13.3 Å². The highest BCUT2D eigenvalue weighted by atomic mass is 16.1. The number of ketones is 1. The summed E-state index contributed by atoms with van der Waals surface area (Å²) in [4.78, 5) is 12.0. The highest BCUT2D eigenvalue weighted by Gasteiger charge is 2.07. The molecule has 0 unspecified atom stereocenters. The zero-order valence-electron chi connectivity index (χ0n) is 9.81. The molecule has 0 aromatic heterocycles. The number of carbonyl (C=O) groups is 1. The van der Waals surface area contributed by atoms with Gasteiger partial charge in [-0.05, 0) is 36.2 Å². The molecular weight excluding hydrogens is 210 g/mol. The third-order valence-electron chi connectivity index (χ3n) is 2.80. The standard InChI is InChI=1S/C15H15NO/c1-11-9-13(7-8-14(11)16)15(17)10-12-5-3-2-4-6-12/h2-9H,10,16H2,1H3. The van der Waals surface area contributed by atoms with Crippen molar-refractivity contribution in [2.75, 3.05) is 5.73 Å². The van der Waals surface area contributed by atoms with Crippen LogP contribution in [0.4, 0.5) is 5.69 Å². The molecule has 0 saturated carbocycles. The van der Waals surface area contributed by atoms with Gasteiger partial charge in [-0.1, -0.05) is 30.3 Å². The second kappa shape index (κ2) is 4.83. The molecular formula is C15H15NO. The first-order chi connectivity index (χ1) is 8.16. The van der Waals surface area contributed by atoms with Gasteiger partial charge in [0.2, 0.25) is 0 Å². The minimum Gasteiger partial charge on any atom is -0.399 e. The molecule has 0 heterocycles. The highest BCUT2D eigenvalue weighted by Crippen LogP contribution is 2.14. The van der Waals surface area contributed by atoms with Crippen LogP contribution in [0.1, 0.15) is 21.5 Å². The molecule has 0 radical (unpaired) electrons. The van der Waals surface area contributed by atoms with E-state index in [9.17, 15) is 4.79 Å². The Morgan fingerprint density at radius 3 is 2.47 bits per heavy atom. The van der Waals surface area contributed by atoms with Gasteiger partial charge < -0.3 is 5.73 Å². The minimum absolute atomic E-state index is 0.124. The number of rotatable bonds is 3. The van der Waals surface area contributed by atoms with E-state index < -0.39 is 0 Å². The summed E-state index contributed by atoms with van der Waals surface area (Å²) < 4.78 is 0. The molecule has 2 N–H and O–H groups in total. The zero-order chi connectivity index (χ0) is 12.3. The summed E-state index contributed by atoms with van der Waals surface area (Å²) in [6.45, 7) is 1.91. The number of hydrogen-bond acceptors (Lipinski definition) is 2. The van der Waals surface area contributed by atoms with Gasteiger partial charge in [0.15, 0.2) is 5.78 Å². The molecule has 86 valence electrons. The molecule has 0 aliphatic heterocycles. The number of nitrogens with two attached hydrogens (primary N) is 1. The van der Waals surface area contributed by atoms with Gasteiger partial charge in [0.25, 0.3) is 0 Å². The van der Waals surface area contributed by atoms with E-state index >= 15 is 0 Å². The number of aryl methyl sites for hydroxylation is 1. The fraction of sp³-hybridized carbons (Fsp3) is 0.133. The zero-order valence-corrected chi connectivity index (χ0v) is 9.81. The summed E-state index contributed by atoms with van der Waals surface area (Å²) in [6.07, 6.45) is 0.435. The van der Waals surface area contributed by atoms with Crippen molar-refractivity contribution in [2.24, 2.45) is 0 Å². The maximum atomic E-state index is 12.0. The molecule has 0 amide bonds. The van der Waals surface area contributed by atoms with Crippen LogP contribution in [-0.4, -0.2) is 5.78 Å².